The molecule has 0 aliphatic rings. The molecule has 196 valence electrons. The SMILES string of the molecule is CCCCCCCCCCCC(=O)CN(CC(=O)[O-])C(=O)CCCCCCCCCCC.[NH4+]. The maximum Gasteiger partial charge on any atom is 0.223 e. The summed E-state index contributed by atoms with van der Waals surface area (Å²) in [6.45, 7) is 3.85. The molecule has 0 saturated carbocycles. The van der Waals surface area contributed by atoms with Crippen molar-refractivity contribution in [1.29, 1.82) is 0 Å². The summed E-state index contributed by atoms with van der Waals surface area (Å²) < 4.78 is 0. The van der Waals surface area contributed by atoms with Crippen molar-refractivity contribution in [2.75, 3.05) is 13.1 Å². The number of ketones is 1. The van der Waals surface area contributed by atoms with Crippen LogP contribution in [0.2, 0.25) is 0 Å². The summed E-state index contributed by atoms with van der Waals surface area (Å²) in [5.41, 5.74) is 0. The van der Waals surface area contributed by atoms with Gasteiger partial charge < -0.3 is 21.0 Å². The van der Waals surface area contributed by atoms with Crippen LogP contribution in [0.4, 0.5) is 0 Å². The monoisotopic (exact) mass is 470 g/mol. The van der Waals surface area contributed by atoms with Crippen LogP contribution in [-0.4, -0.2) is 35.6 Å². The van der Waals surface area contributed by atoms with E-state index < -0.39 is 12.5 Å². The first-order chi connectivity index (χ1) is 15.5. The second kappa shape index (κ2) is 25.2. The van der Waals surface area contributed by atoms with E-state index in [2.05, 4.69) is 13.8 Å². The molecule has 0 radical (unpaired) electrons. The number of carbonyl (C=O) groups is 3. The molecule has 0 unspecified atom stereocenters. The van der Waals surface area contributed by atoms with E-state index in [4.69, 9.17) is 0 Å². The van der Waals surface area contributed by atoms with Crippen molar-refractivity contribution in [3.05, 3.63) is 0 Å². The van der Waals surface area contributed by atoms with Crippen LogP contribution < -0.4 is 11.3 Å². The number of carboxylic acids is 1. The van der Waals surface area contributed by atoms with Crippen molar-refractivity contribution < 1.29 is 19.5 Å². The van der Waals surface area contributed by atoms with Gasteiger partial charge in [0.25, 0.3) is 0 Å². The standard InChI is InChI=1S/C27H51NO4.H3N/c1-3-5-7-9-11-13-15-17-19-21-25(29)23-28(24-27(31)32)26(30)22-20-18-16-14-12-10-8-6-4-2;/h3-24H2,1-2H3,(H,31,32);1H3. The van der Waals surface area contributed by atoms with Crippen LogP contribution in [0.25, 0.3) is 0 Å². The smallest absolute Gasteiger partial charge is 0.223 e. The first kappa shape index (κ1) is 33.7. The highest BCUT2D eigenvalue weighted by Crippen LogP contribution is 2.13. The minimum Gasteiger partial charge on any atom is -0.548 e. The zero-order valence-corrected chi connectivity index (χ0v) is 22.1. The third-order valence-electron chi connectivity index (χ3n) is 6.09. The molecule has 6 nitrogen and oxygen atoms in total. The average Bonchev–Trinajstić information content (AvgIpc) is 2.76. The van der Waals surface area contributed by atoms with Crippen LogP contribution in [0.5, 0.6) is 0 Å². The number of Topliss-reactive ketones (excluding diaryl/α,β-unsaturated/α-hetero) is 1. The Hall–Kier alpha value is -1.43. The van der Waals surface area contributed by atoms with Gasteiger partial charge >= 0.3 is 0 Å². The highest BCUT2D eigenvalue weighted by atomic mass is 16.4. The fraction of sp³-hybridized carbons (Fsp3) is 0.889. The van der Waals surface area contributed by atoms with E-state index in [-0.39, 0.29) is 24.4 Å². The van der Waals surface area contributed by atoms with E-state index >= 15 is 0 Å². The first-order valence-electron chi connectivity index (χ1n) is 13.5. The molecule has 0 bridgehead atoms. The number of nitrogens with zero attached hydrogens (tertiary/aromatic N) is 1. The topological polar surface area (TPSA) is 114 Å². The van der Waals surface area contributed by atoms with E-state index in [9.17, 15) is 19.5 Å². The molecule has 33 heavy (non-hydrogen) atoms. The van der Waals surface area contributed by atoms with Crippen LogP contribution >= 0.6 is 0 Å². The maximum atomic E-state index is 12.4. The van der Waals surface area contributed by atoms with Crippen molar-refractivity contribution in [3.63, 3.8) is 0 Å². The van der Waals surface area contributed by atoms with Gasteiger partial charge in [-0.15, -0.1) is 0 Å². The van der Waals surface area contributed by atoms with Gasteiger partial charge in [-0.25, -0.2) is 0 Å². The molecule has 0 fully saturated rings. The van der Waals surface area contributed by atoms with Gasteiger partial charge in [0.2, 0.25) is 5.91 Å². The van der Waals surface area contributed by atoms with Crippen molar-refractivity contribution in [2.45, 2.75) is 142 Å². The summed E-state index contributed by atoms with van der Waals surface area (Å²) in [6, 6.07) is 0. The van der Waals surface area contributed by atoms with Gasteiger partial charge in [0.05, 0.1) is 19.1 Å². The van der Waals surface area contributed by atoms with Crippen molar-refractivity contribution in [1.82, 2.24) is 11.1 Å². The number of aliphatic carboxylic acids is 1. The Morgan fingerprint density at radius 2 is 0.909 bits per heavy atom. The second-order valence-corrected chi connectivity index (χ2v) is 9.32. The van der Waals surface area contributed by atoms with Gasteiger partial charge in [-0.05, 0) is 12.8 Å². The number of carbonyl (C=O) groups excluding carboxylic acids is 3. The molecule has 6 heteroatoms. The number of carboxylic acid groups (broad SMARTS) is 1. The molecule has 0 aromatic rings. The van der Waals surface area contributed by atoms with E-state index in [1.807, 2.05) is 0 Å². The van der Waals surface area contributed by atoms with Gasteiger partial charge in [0.15, 0.2) is 5.78 Å². The fourth-order valence-electron chi connectivity index (χ4n) is 4.06. The Kier molecular flexibility index (Phi) is 25.8. The predicted octanol–water partition coefficient (Wildman–Crippen LogP) is 6.35. The fourth-order valence-corrected chi connectivity index (χ4v) is 4.06. The molecule has 0 aromatic heterocycles. The molecule has 0 spiro atoms. The number of quaternary nitrogens is 1. The molecule has 1 amide bonds. The van der Waals surface area contributed by atoms with Gasteiger partial charge in [0, 0.05) is 12.8 Å². The Labute approximate surface area is 203 Å². The first-order valence-corrected chi connectivity index (χ1v) is 13.5. The lowest BCUT2D eigenvalue weighted by Crippen LogP contribution is -2.43. The Morgan fingerprint density at radius 1 is 0.545 bits per heavy atom. The minimum atomic E-state index is -1.30. The lowest BCUT2D eigenvalue weighted by Gasteiger charge is -2.22. The zero-order chi connectivity index (χ0) is 23.9. The summed E-state index contributed by atoms with van der Waals surface area (Å²) in [6.07, 6.45) is 21.8. The number of hydrogen-bond donors (Lipinski definition) is 1. The summed E-state index contributed by atoms with van der Waals surface area (Å²) in [4.78, 5) is 36.9. The van der Waals surface area contributed by atoms with E-state index in [0.29, 0.717) is 12.8 Å². The van der Waals surface area contributed by atoms with Gasteiger partial charge in [-0.1, -0.05) is 117 Å². The second-order valence-electron chi connectivity index (χ2n) is 9.32. The maximum absolute atomic E-state index is 12.4. The number of unbranched alkanes of at least 4 members (excludes halogenated alkanes) is 16. The van der Waals surface area contributed by atoms with Gasteiger partial charge in [-0.2, -0.15) is 0 Å². The Balaban J connectivity index is 0. The van der Waals surface area contributed by atoms with E-state index in [1.165, 1.54) is 81.9 Å². The summed E-state index contributed by atoms with van der Waals surface area (Å²) in [5, 5.41) is 11.0. The summed E-state index contributed by atoms with van der Waals surface area (Å²) in [5.74, 6) is -1.59. The molecule has 0 rings (SSSR count). The van der Waals surface area contributed by atoms with E-state index in [1.54, 1.807) is 0 Å². The normalized spacial score (nSPS) is 10.6. The van der Waals surface area contributed by atoms with Crippen molar-refractivity contribution in [3.8, 4) is 0 Å². The largest absolute Gasteiger partial charge is 0.548 e. The molecule has 0 aliphatic carbocycles. The van der Waals surface area contributed by atoms with Crippen LogP contribution in [0.3, 0.4) is 0 Å². The molecular formula is C27H54N2O4. The molecule has 0 aliphatic heterocycles. The number of amides is 1. The van der Waals surface area contributed by atoms with Crippen molar-refractivity contribution >= 4 is 17.7 Å². The van der Waals surface area contributed by atoms with E-state index in [0.717, 1.165) is 38.5 Å². The third-order valence-corrected chi connectivity index (χ3v) is 6.09. The molecular weight excluding hydrogens is 416 g/mol. The molecule has 4 N–H and O–H groups in total. The molecule has 0 saturated heterocycles. The number of hydrogen-bond acceptors (Lipinski definition) is 4. The molecule has 0 aromatic carbocycles. The highest BCUT2D eigenvalue weighted by Gasteiger charge is 2.17. The minimum absolute atomic E-state index is 0. The average molecular weight is 471 g/mol. The third kappa shape index (κ3) is 23.5. The van der Waals surface area contributed by atoms with Crippen LogP contribution in [0, 0.1) is 0 Å². The highest BCUT2D eigenvalue weighted by molar-refractivity contribution is 5.88. The lowest BCUT2D eigenvalue weighted by molar-refractivity contribution is -0.306. The number of rotatable bonds is 24. The van der Waals surface area contributed by atoms with Crippen molar-refractivity contribution in [2.24, 2.45) is 0 Å². The van der Waals surface area contributed by atoms with Gasteiger partial charge in [-0.3, -0.25) is 9.59 Å². The molecule has 0 heterocycles. The Bertz CT molecular complexity index is 483. The summed E-state index contributed by atoms with van der Waals surface area (Å²) >= 11 is 0. The lowest BCUT2D eigenvalue weighted by atomic mass is 10.0. The molecule has 0 atom stereocenters. The van der Waals surface area contributed by atoms with Crippen LogP contribution in [-0.2, 0) is 14.4 Å². The summed E-state index contributed by atoms with van der Waals surface area (Å²) in [7, 11) is 0. The van der Waals surface area contributed by atoms with Gasteiger partial charge in [0.1, 0.15) is 0 Å². The Morgan fingerprint density at radius 3 is 1.30 bits per heavy atom. The quantitative estimate of drug-likeness (QED) is 0.165. The van der Waals surface area contributed by atoms with Crippen LogP contribution in [0.1, 0.15) is 142 Å². The van der Waals surface area contributed by atoms with Crippen LogP contribution in [0.15, 0.2) is 0 Å². The zero-order valence-electron chi connectivity index (χ0n) is 22.1. The predicted molar refractivity (Wildman–Crippen MR) is 136 cm³/mol.